The summed E-state index contributed by atoms with van der Waals surface area (Å²) in [6, 6.07) is 0. The molecule has 1 N–H and O–H groups in total. The van der Waals surface area contributed by atoms with Crippen molar-refractivity contribution < 1.29 is 0 Å². The summed E-state index contributed by atoms with van der Waals surface area (Å²) in [6.07, 6.45) is 4.79. The quantitative estimate of drug-likeness (QED) is 0.770. The number of rotatable bonds is 4. The molecule has 0 saturated carbocycles. The fraction of sp³-hybridized carbons (Fsp3) is 0.545. The Morgan fingerprint density at radius 2 is 2.33 bits per heavy atom. The van der Waals surface area contributed by atoms with E-state index in [1.807, 2.05) is 13.1 Å². The number of aryl methyl sites for hydroxylation is 1. The summed E-state index contributed by atoms with van der Waals surface area (Å²) in [7, 11) is 1.80. The van der Waals surface area contributed by atoms with E-state index in [1.165, 1.54) is 0 Å². The lowest BCUT2D eigenvalue weighted by Crippen LogP contribution is -1.98. The van der Waals surface area contributed by atoms with Crippen molar-refractivity contribution in [2.45, 2.75) is 27.2 Å². The van der Waals surface area contributed by atoms with Gasteiger partial charge in [0, 0.05) is 13.3 Å². The molecule has 0 aromatic carbocycles. The molecule has 1 aromatic rings. The largest absolute Gasteiger partial charge is 0.357 e. The van der Waals surface area contributed by atoms with Crippen LogP contribution in [-0.4, -0.2) is 23.2 Å². The van der Waals surface area contributed by atoms with Crippen LogP contribution >= 0.6 is 0 Å². The van der Waals surface area contributed by atoms with Crippen molar-refractivity contribution in [2.24, 2.45) is 10.9 Å². The summed E-state index contributed by atoms with van der Waals surface area (Å²) in [5, 5.41) is 2.90. The Hall–Kier alpha value is -1.45. The molecule has 0 spiro atoms. The number of nitrogens with one attached hydrogen (secondary N) is 1. The molecule has 1 atom stereocenters. The average Bonchev–Trinajstić information content (AvgIpc) is 2.26. The summed E-state index contributed by atoms with van der Waals surface area (Å²) < 4.78 is 0. The number of hydrogen-bond acceptors (Lipinski definition) is 4. The number of aliphatic imine (C=N–C) groups is 1. The van der Waals surface area contributed by atoms with Crippen LogP contribution in [0.3, 0.4) is 0 Å². The van der Waals surface area contributed by atoms with Gasteiger partial charge in [-0.05, 0) is 19.3 Å². The van der Waals surface area contributed by atoms with Gasteiger partial charge >= 0.3 is 0 Å². The van der Waals surface area contributed by atoms with Crippen LogP contribution in [-0.2, 0) is 0 Å². The first-order valence-corrected chi connectivity index (χ1v) is 5.23. The molecule has 0 aliphatic rings. The SMILES string of the molecule is CCC(C)C=Nc1cnc(NC)nc1C. The second-order valence-corrected chi connectivity index (χ2v) is 3.58. The smallest absolute Gasteiger partial charge is 0.222 e. The van der Waals surface area contributed by atoms with Crippen molar-refractivity contribution in [1.29, 1.82) is 0 Å². The topological polar surface area (TPSA) is 50.2 Å². The fourth-order valence-corrected chi connectivity index (χ4v) is 1.02. The van der Waals surface area contributed by atoms with Gasteiger partial charge in [0.05, 0.1) is 11.9 Å². The number of anilines is 1. The maximum absolute atomic E-state index is 4.37. The van der Waals surface area contributed by atoms with Crippen LogP contribution in [0.5, 0.6) is 0 Å². The molecule has 1 aromatic heterocycles. The van der Waals surface area contributed by atoms with Gasteiger partial charge in [-0.15, -0.1) is 0 Å². The van der Waals surface area contributed by atoms with E-state index in [4.69, 9.17) is 0 Å². The summed E-state index contributed by atoms with van der Waals surface area (Å²) in [6.45, 7) is 6.22. The summed E-state index contributed by atoms with van der Waals surface area (Å²) in [5.41, 5.74) is 1.74. The summed E-state index contributed by atoms with van der Waals surface area (Å²) in [4.78, 5) is 12.8. The van der Waals surface area contributed by atoms with E-state index in [-0.39, 0.29) is 0 Å². The normalized spacial score (nSPS) is 13.1. The van der Waals surface area contributed by atoms with Crippen LogP contribution in [0, 0.1) is 12.8 Å². The first kappa shape index (κ1) is 11.6. The zero-order valence-electron chi connectivity index (χ0n) is 9.78. The maximum atomic E-state index is 4.37. The van der Waals surface area contributed by atoms with Gasteiger partial charge in [0.2, 0.25) is 5.95 Å². The minimum Gasteiger partial charge on any atom is -0.357 e. The third-order valence-electron chi connectivity index (χ3n) is 2.29. The third-order valence-corrected chi connectivity index (χ3v) is 2.29. The molecule has 1 rings (SSSR count). The van der Waals surface area contributed by atoms with E-state index in [9.17, 15) is 0 Å². The molecular formula is C11H18N4. The molecule has 0 radical (unpaired) electrons. The molecule has 1 unspecified atom stereocenters. The summed E-state index contributed by atoms with van der Waals surface area (Å²) >= 11 is 0. The third kappa shape index (κ3) is 3.31. The highest BCUT2D eigenvalue weighted by atomic mass is 15.1. The maximum Gasteiger partial charge on any atom is 0.222 e. The predicted molar refractivity (Wildman–Crippen MR) is 63.9 cm³/mol. The lowest BCUT2D eigenvalue weighted by molar-refractivity contribution is 0.754. The molecule has 0 saturated heterocycles. The van der Waals surface area contributed by atoms with E-state index in [1.54, 1.807) is 13.2 Å². The van der Waals surface area contributed by atoms with Gasteiger partial charge in [-0.25, -0.2) is 9.97 Å². The molecule has 15 heavy (non-hydrogen) atoms. The second kappa shape index (κ2) is 5.44. The Bertz CT molecular complexity index is 346. The van der Waals surface area contributed by atoms with Crippen LogP contribution in [0.4, 0.5) is 11.6 Å². The van der Waals surface area contributed by atoms with E-state index in [2.05, 4.69) is 34.1 Å². The highest BCUT2D eigenvalue weighted by Crippen LogP contribution is 2.16. The molecule has 82 valence electrons. The van der Waals surface area contributed by atoms with Crippen LogP contribution in [0.25, 0.3) is 0 Å². The van der Waals surface area contributed by atoms with Gasteiger partial charge in [0.1, 0.15) is 5.69 Å². The first-order valence-electron chi connectivity index (χ1n) is 5.23. The first-order chi connectivity index (χ1) is 7.17. The molecule has 0 bridgehead atoms. The van der Waals surface area contributed by atoms with E-state index < -0.39 is 0 Å². The van der Waals surface area contributed by atoms with Crippen LogP contribution in [0.2, 0.25) is 0 Å². The Balaban J connectivity index is 2.82. The van der Waals surface area contributed by atoms with Gasteiger partial charge in [0.15, 0.2) is 0 Å². The Morgan fingerprint density at radius 3 is 2.87 bits per heavy atom. The standard InChI is InChI=1S/C11H18N4/c1-5-8(2)6-13-10-7-14-11(12-4)15-9(10)3/h6-8H,5H2,1-4H3,(H,12,14,15). The molecule has 0 aliphatic heterocycles. The zero-order valence-corrected chi connectivity index (χ0v) is 9.78. The van der Waals surface area contributed by atoms with Crippen LogP contribution in [0.15, 0.2) is 11.2 Å². The lowest BCUT2D eigenvalue weighted by Gasteiger charge is -2.03. The molecular weight excluding hydrogens is 188 g/mol. The number of hydrogen-bond donors (Lipinski definition) is 1. The molecule has 0 amide bonds. The van der Waals surface area contributed by atoms with Crippen molar-refractivity contribution in [3.63, 3.8) is 0 Å². The Labute approximate surface area is 90.9 Å². The zero-order chi connectivity index (χ0) is 11.3. The minimum absolute atomic E-state index is 0.494. The molecule has 0 fully saturated rings. The average molecular weight is 206 g/mol. The summed E-state index contributed by atoms with van der Waals surface area (Å²) in [5.74, 6) is 1.13. The van der Waals surface area contributed by atoms with E-state index in [0.29, 0.717) is 11.9 Å². The van der Waals surface area contributed by atoms with Crippen LogP contribution < -0.4 is 5.32 Å². The monoisotopic (exact) mass is 206 g/mol. The number of aromatic nitrogens is 2. The van der Waals surface area contributed by atoms with E-state index >= 15 is 0 Å². The molecule has 1 heterocycles. The number of nitrogens with zero attached hydrogens (tertiary/aromatic N) is 3. The molecule has 4 heteroatoms. The van der Waals surface area contributed by atoms with Gasteiger partial charge in [0.25, 0.3) is 0 Å². The van der Waals surface area contributed by atoms with Gasteiger partial charge in [-0.2, -0.15) is 0 Å². The highest BCUT2D eigenvalue weighted by molar-refractivity contribution is 5.65. The molecule has 4 nitrogen and oxygen atoms in total. The van der Waals surface area contributed by atoms with Crippen molar-refractivity contribution in [3.8, 4) is 0 Å². The predicted octanol–water partition coefficient (Wildman–Crippen LogP) is 2.58. The Kier molecular flexibility index (Phi) is 4.21. The second-order valence-electron chi connectivity index (χ2n) is 3.58. The van der Waals surface area contributed by atoms with Crippen molar-refractivity contribution in [1.82, 2.24) is 9.97 Å². The lowest BCUT2D eigenvalue weighted by atomic mass is 10.1. The minimum atomic E-state index is 0.494. The van der Waals surface area contributed by atoms with Gasteiger partial charge in [-0.3, -0.25) is 4.99 Å². The highest BCUT2D eigenvalue weighted by Gasteiger charge is 2.00. The van der Waals surface area contributed by atoms with Gasteiger partial charge < -0.3 is 5.32 Å². The van der Waals surface area contributed by atoms with Crippen molar-refractivity contribution >= 4 is 17.9 Å². The van der Waals surface area contributed by atoms with Crippen molar-refractivity contribution in [3.05, 3.63) is 11.9 Å². The van der Waals surface area contributed by atoms with Crippen LogP contribution in [0.1, 0.15) is 26.0 Å². The van der Waals surface area contributed by atoms with Crippen molar-refractivity contribution in [2.75, 3.05) is 12.4 Å². The van der Waals surface area contributed by atoms with E-state index in [0.717, 1.165) is 17.8 Å². The fourth-order valence-electron chi connectivity index (χ4n) is 1.02. The molecule has 0 aliphatic carbocycles. The van der Waals surface area contributed by atoms with Gasteiger partial charge in [-0.1, -0.05) is 13.8 Å². The Morgan fingerprint density at radius 1 is 1.60 bits per heavy atom.